The van der Waals surface area contributed by atoms with Crippen LogP contribution in [0.1, 0.15) is 19.0 Å². The van der Waals surface area contributed by atoms with E-state index in [0.29, 0.717) is 18.8 Å². The average molecular weight is 325 g/mol. The van der Waals surface area contributed by atoms with Crippen LogP contribution < -0.4 is 5.32 Å². The van der Waals surface area contributed by atoms with Gasteiger partial charge in [-0.05, 0) is 25.5 Å². The monoisotopic (exact) mass is 324 g/mol. The normalized spacial score (nSPS) is 22.8. The number of amides is 1. The number of pyridine rings is 1. The maximum atomic E-state index is 12.1. The number of carbonyl (C=O) groups excluding carboxylic acids is 1. The highest BCUT2D eigenvalue weighted by Crippen LogP contribution is 2.64. The van der Waals surface area contributed by atoms with Crippen molar-refractivity contribution in [3.05, 3.63) is 42.4 Å². The van der Waals surface area contributed by atoms with Crippen LogP contribution in [0.15, 0.2) is 36.7 Å². The van der Waals surface area contributed by atoms with E-state index in [1.165, 1.54) is 0 Å². The van der Waals surface area contributed by atoms with Crippen LogP contribution in [0.25, 0.3) is 0 Å². The molecule has 0 radical (unpaired) electrons. The Morgan fingerprint density at radius 2 is 2.19 bits per heavy atom. The van der Waals surface area contributed by atoms with Crippen molar-refractivity contribution in [1.29, 1.82) is 0 Å². The molecule has 2 aromatic heterocycles. The van der Waals surface area contributed by atoms with E-state index in [1.807, 2.05) is 18.2 Å². The van der Waals surface area contributed by atoms with Crippen molar-refractivity contribution in [3.63, 3.8) is 0 Å². The number of rotatable bonds is 4. The molecule has 1 saturated carbocycles. The second-order valence-electron chi connectivity index (χ2n) is 5.39. The van der Waals surface area contributed by atoms with Gasteiger partial charge in [0.25, 0.3) is 0 Å². The average Bonchev–Trinajstić information content (AvgIpc) is 2.77. The van der Waals surface area contributed by atoms with Gasteiger partial charge < -0.3 is 5.32 Å². The fourth-order valence-electron chi connectivity index (χ4n) is 2.07. The lowest BCUT2D eigenvalue weighted by Gasteiger charge is -2.10. The van der Waals surface area contributed by atoms with Gasteiger partial charge in [-0.1, -0.05) is 6.07 Å². The van der Waals surface area contributed by atoms with Crippen molar-refractivity contribution in [2.45, 2.75) is 24.2 Å². The maximum Gasteiger partial charge on any atom is 0.234 e. The molecule has 2 heterocycles. The molecule has 5 nitrogen and oxygen atoms in total. The Bertz CT molecular complexity index is 671. The zero-order chi connectivity index (χ0) is 15.1. The molecule has 0 aliphatic heterocycles. The molecule has 1 N–H and O–H groups in total. The number of nitrogens with zero attached hydrogens (tertiary/aromatic N) is 3. The molecule has 7 heteroatoms. The Morgan fingerprint density at radius 1 is 1.43 bits per heavy atom. The Labute approximate surface area is 132 Å². The van der Waals surface area contributed by atoms with E-state index in [4.69, 9.17) is 23.2 Å². The first-order chi connectivity index (χ1) is 9.91. The highest BCUT2D eigenvalue weighted by atomic mass is 35.5. The van der Waals surface area contributed by atoms with E-state index in [0.717, 1.165) is 5.69 Å². The van der Waals surface area contributed by atoms with Gasteiger partial charge in [-0.15, -0.1) is 23.2 Å². The molecule has 1 fully saturated rings. The number of hydrogen-bond donors (Lipinski definition) is 1. The minimum absolute atomic E-state index is 0.212. The van der Waals surface area contributed by atoms with Crippen molar-refractivity contribution in [1.82, 2.24) is 14.8 Å². The SMILES string of the molecule is C[C@]1(C(=O)Nc2ccn(Cc3ccccn3)n2)CC1(Cl)Cl. The molecule has 110 valence electrons. The molecule has 1 atom stereocenters. The molecular weight excluding hydrogens is 311 g/mol. The van der Waals surface area contributed by atoms with Crippen LogP contribution in [0.3, 0.4) is 0 Å². The van der Waals surface area contributed by atoms with Gasteiger partial charge in [0.1, 0.15) is 4.33 Å². The number of carbonyl (C=O) groups is 1. The molecule has 1 amide bonds. The third-order valence-corrected chi connectivity index (χ3v) is 4.79. The summed E-state index contributed by atoms with van der Waals surface area (Å²) in [5.41, 5.74) is 0.147. The molecule has 0 saturated heterocycles. The largest absolute Gasteiger partial charge is 0.309 e. The Balaban J connectivity index is 1.65. The number of alkyl halides is 2. The van der Waals surface area contributed by atoms with Crippen LogP contribution in [-0.2, 0) is 11.3 Å². The number of anilines is 1. The topological polar surface area (TPSA) is 59.8 Å². The number of nitrogens with one attached hydrogen (secondary N) is 1. The van der Waals surface area contributed by atoms with Crippen molar-refractivity contribution in [2.75, 3.05) is 5.32 Å². The van der Waals surface area contributed by atoms with Crippen LogP contribution in [0.2, 0.25) is 0 Å². The van der Waals surface area contributed by atoms with E-state index in [-0.39, 0.29) is 5.91 Å². The van der Waals surface area contributed by atoms with Crippen LogP contribution in [0.4, 0.5) is 5.82 Å². The van der Waals surface area contributed by atoms with Crippen molar-refractivity contribution in [2.24, 2.45) is 5.41 Å². The standard InChI is InChI=1S/C14H14Cl2N4O/c1-13(9-14(13,15)16)12(21)18-11-5-7-20(19-11)8-10-4-2-3-6-17-10/h2-7H,8-9H2,1H3,(H,18,19,21)/t13-/m1/s1. The summed E-state index contributed by atoms with van der Waals surface area (Å²) in [4.78, 5) is 16.4. The first-order valence-electron chi connectivity index (χ1n) is 6.53. The van der Waals surface area contributed by atoms with E-state index < -0.39 is 9.75 Å². The minimum atomic E-state index is -0.979. The highest BCUT2D eigenvalue weighted by Gasteiger charge is 2.67. The molecule has 0 bridgehead atoms. The van der Waals surface area contributed by atoms with Crippen molar-refractivity contribution in [3.8, 4) is 0 Å². The van der Waals surface area contributed by atoms with Gasteiger partial charge in [0.2, 0.25) is 5.91 Å². The zero-order valence-electron chi connectivity index (χ0n) is 11.4. The van der Waals surface area contributed by atoms with Crippen molar-refractivity contribution >= 4 is 34.9 Å². The third-order valence-electron chi connectivity index (χ3n) is 3.69. The zero-order valence-corrected chi connectivity index (χ0v) is 12.9. The van der Waals surface area contributed by atoms with Crippen molar-refractivity contribution < 1.29 is 4.79 Å². The number of hydrogen-bond acceptors (Lipinski definition) is 3. The summed E-state index contributed by atoms with van der Waals surface area (Å²) >= 11 is 12.0. The lowest BCUT2D eigenvalue weighted by Crippen LogP contribution is -2.26. The van der Waals surface area contributed by atoms with Gasteiger partial charge in [0.15, 0.2) is 5.82 Å². The molecule has 21 heavy (non-hydrogen) atoms. The second-order valence-corrected chi connectivity index (χ2v) is 6.87. The third kappa shape index (κ3) is 2.76. The van der Waals surface area contributed by atoms with E-state index in [9.17, 15) is 4.79 Å². The first-order valence-corrected chi connectivity index (χ1v) is 7.29. The summed E-state index contributed by atoms with van der Waals surface area (Å²) in [5, 5.41) is 7.04. The van der Waals surface area contributed by atoms with E-state index >= 15 is 0 Å². The predicted octanol–water partition coefficient (Wildman–Crippen LogP) is 2.85. The van der Waals surface area contributed by atoms with Gasteiger partial charge in [-0.3, -0.25) is 14.5 Å². The molecular formula is C14H14Cl2N4O. The maximum absolute atomic E-state index is 12.1. The van der Waals surface area contributed by atoms with Gasteiger partial charge >= 0.3 is 0 Å². The Hall–Kier alpha value is -1.59. The molecule has 1 aliphatic carbocycles. The molecule has 0 aromatic carbocycles. The number of aromatic nitrogens is 3. The fourth-order valence-corrected chi connectivity index (χ4v) is 2.78. The van der Waals surface area contributed by atoms with E-state index in [1.54, 1.807) is 30.1 Å². The summed E-state index contributed by atoms with van der Waals surface area (Å²) in [7, 11) is 0. The predicted molar refractivity (Wildman–Crippen MR) is 81.4 cm³/mol. The van der Waals surface area contributed by atoms with Crippen LogP contribution in [-0.4, -0.2) is 25.0 Å². The smallest absolute Gasteiger partial charge is 0.234 e. The number of halogens is 2. The summed E-state index contributed by atoms with van der Waals surface area (Å²) in [5.74, 6) is 0.267. The summed E-state index contributed by atoms with van der Waals surface area (Å²) in [6.45, 7) is 2.29. The Morgan fingerprint density at radius 3 is 2.81 bits per heavy atom. The van der Waals surface area contributed by atoms with Gasteiger partial charge in [0.05, 0.1) is 17.7 Å². The van der Waals surface area contributed by atoms with Crippen LogP contribution >= 0.6 is 23.2 Å². The van der Waals surface area contributed by atoms with Crippen LogP contribution in [0, 0.1) is 5.41 Å². The molecule has 1 aliphatic rings. The lowest BCUT2D eigenvalue weighted by molar-refractivity contribution is -0.120. The Kier molecular flexibility index (Phi) is 3.42. The van der Waals surface area contributed by atoms with Gasteiger partial charge in [-0.2, -0.15) is 5.10 Å². The second kappa shape index (κ2) is 5.00. The first kappa shape index (κ1) is 14.4. The summed E-state index contributed by atoms with van der Waals surface area (Å²) in [6, 6.07) is 7.43. The van der Waals surface area contributed by atoms with Gasteiger partial charge in [0, 0.05) is 18.5 Å². The summed E-state index contributed by atoms with van der Waals surface area (Å²) < 4.78 is 0.732. The van der Waals surface area contributed by atoms with E-state index in [2.05, 4.69) is 15.4 Å². The quantitative estimate of drug-likeness (QED) is 0.880. The molecule has 0 spiro atoms. The van der Waals surface area contributed by atoms with Crippen LogP contribution in [0.5, 0.6) is 0 Å². The molecule has 0 unspecified atom stereocenters. The molecule has 2 aromatic rings. The highest BCUT2D eigenvalue weighted by molar-refractivity contribution is 6.53. The molecule has 3 rings (SSSR count). The lowest BCUT2D eigenvalue weighted by atomic mass is 10.1. The summed E-state index contributed by atoms with van der Waals surface area (Å²) in [6.07, 6.45) is 3.97. The minimum Gasteiger partial charge on any atom is -0.309 e. The van der Waals surface area contributed by atoms with Gasteiger partial charge in [-0.25, -0.2) is 0 Å². The fraction of sp³-hybridized carbons (Fsp3) is 0.357.